The summed E-state index contributed by atoms with van der Waals surface area (Å²) in [7, 11) is 0. The number of amides is 1. The second kappa shape index (κ2) is 11.1. The fraction of sp³-hybridized carbons (Fsp3) is 0.364. The van der Waals surface area contributed by atoms with Gasteiger partial charge in [0.25, 0.3) is 0 Å². The van der Waals surface area contributed by atoms with Crippen LogP contribution in [0.1, 0.15) is 61.8 Å². The number of aryl methyl sites for hydroxylation is 2. The van der Waals surface area contributed by atoms with Gasteiger partial charge < -0.3 is 10.8 Å². The Bertz CT molecular complexity index is 757. The molecule has 0 saturated carbocycles. The highest BCUT2D eigenvalue weighted by atomic mass is 19.1. The fourth-order valence-corrected chi connectivity index (χ4v) is 2.60. The molecule has 3 N–H and O–H groups in total. The van der Waals surface area contributed by atoms with Crippen LogP contribution < -0.4 is 5.73 Å². The lowest BCUT2D eigenvalue weighted by Crippen LogP contribution is -2.11. The Morgan fingerprint density at radius 2 is 1.59 bits per heavy atom. The summed E-state index contributed by atoms with van der Waals surface area (Å²) in [6.45, 7) is 5.82. The molecule has 0 fully saturated rings. The Morgan fingerprint density at radius 1 is 1.04 bits per heavy atom. The van der Waals surface area contributed by atoms with E-state index in [-0.39, 0.29) is 24.1 Å². The van der Waals surface area contributed by atoms with Gasteiger partial charge in [-0.1, -0.05) is 51.1 Å². The first kappa shape index (κ1) is 22.4. The Morgan fingerprint density at radius 3 is 2.07 bits per heavy atom. The van der Waals surface area contributed by atoms with Gasteiger partial charge in [0.05, 0.1) is 0 Å². The maximum Gasteiger partial charge on any atom is 0.303 e. The summed E-state index contributed by atoms with van der Waals surface area (Å²) in [4.78, 5) is 20.4. The summed E-state index contributed by atoms with van der Waals surface area (Å²) in [5, 5.41) is 7.72. The van der Waals surface area contributed by atoms with E-state index in [1.807, 2.05) is 12.1 Å². The van der Waals surface area contributed by atoms with Crippen molar-refractivity contribution in [2.24, 2.45) is 5.73 Å². The number of benzene rings is 2. The molecule has 0 aliphatic carbocycles. The number of halogens is 1. The van der Waals surface area contributed by atoms with Gasteiger partial charge in [0, 0.05) is 18.8 Å². The summed E-state index contributed by atoms with van der Waals surface area (Å²) in [6.07, 6.45) is 2.18. The number of hydrogen-bond acceptors (Lipinski definition) is 2. The molecular weight excluding hydrogens is 345 g/mol. The van der Waals surface area contributed by atoms with E-state index >= 15 is 0 Å². The number of hydrogen-bond donors (Lipinski definition) is 2. The van der Waals surface area contributed by atoms with E-state index < -0.39 is 5.97 Å². The molecule has 2 rings (SSSR count). The maximum absolute atomic E-state index is 13.1. The predicted octanol–water partition coefficient (Wildman–Crippen LogP) is 4.44. The van der Waals surface area contributed by atoms with Crippen molar-refractivity contribution in [3.8, 4) is 0 Å². The number of carbonyl (C=O) groups is 2. The van der Waals surface area contributed by atoms with Gasteiger partial charge in [0.1, 0.15) is 5.82 Å². The first-order valence-electron chi connectivity index (χ1n) is 9.15. The highest BCUT2D eigenvalue weighted by Crippen LogP contribution is 2.27. The van der Waals surface area contributed by atoms with Crippen molar-refractivity contribution >= 4 is 11.9 Å². The quantitative estimate of drug-likeness (QED) is 0.753. The zero-order valence-electron chi connectivity index (χ0n) is 16.2. The van der Waals surface area contributed by atoms with Crippen molar-refractivity contribution in [3.05, 3.63) is 70.5 Å². The molecule has 146 valence electrons. The molecule has 5 heteroatoms. The molecule has 0 aromatic heterocycles. The average molecular weight is 373 g/mol. The summed E-state index contributed by atoms with van der Waals surface area (Å²) in [6, 6.07) is 13.1. The van der Waals surface area contributed by atoms with E-state index in [9.17, 15) is 14.0 Å². The third kappa shape index (κ3) is 8.03. The molecule has 0 heterocycles. The zero-order valence-corrected chi connectivity index (χ0v) is 16.2. The number of carbonyl (C=O) groups excluding carboxylic acids is 1. The van der Waals surface area contributed by atoms with Crippen molar-refractivity contribution in [3.63, 3.8) is 0 Å². The van der Waals surface area contributed by atoms with Crippen LogP contribution in [0.15, 0.2) is 42.5 Å². The van der Waals surface area contributed by atoms with E-state index in [0.717, 1.165) is 17.5 Å². The minimum Gasteiger partial charge on any atom is -0.481 e. The number of aliphatic carboxylic acids is 1. The lowest BCUT2D eigenvalue weighted by molar-refractivity contribution is -0.136. The lowest BCUT2D eigenvalue weighted by atomic mass is 9.89. The number of carboxylic acid groups (broad SMARTS) is 1. The molecule has 4 nitrogen and oxygen atoms in total. The molecule has 1 atom stereocenters. The van der Waals surface area contributed by atoms with Gasteiger partial charge in [-0.25, -0.2) is 4.39 Å². The molecule has 2 aromatic carbocycles. The molecule has 0 aliphatic rings. The molecule has 0 spiro atoms. The van der Waals surface area contributed by atoms with Crippen LogP contribution in [0.4, 0.5) is 4.39 Å². The highest BCUT2D eigenvalue weighted by molar-refractivity contribution is 5.74. The number of rotatable bonds is 7. The van der Waals surface area contributed by atoms with E-state index in [0.29, 0.717) is 12.8 Å². The first-order valence-corrected chi connectivity index (χ1v) is 9.15. The summed E-state index contributed by atoms with van der Waals surface area (Å²) < 4.78 is 13.1. The van der Waals surface area contributed by atoms with E-state index in [2.05, 4.69) is 32.0 Å². The van der Waals surface area contributed by atoms with E-state index in [4.69, 9.17) is 10.8 Å². The van der Waals surface area contributed by atoms with Crippen molar-refractivity contribution in [2.45, 2.75) is 52.4 Å². The van der Waals surface area contributed by atoms with Crippen LogP contribution in [0.2, 0.25) is 0 Å². The average Bonchev–Trinajstić information content (AvgIpc) is 2.66. The number of primary amides is 1. The van der Waals surface area contributed by atoms with Crippen molar-refractivity contribution in [2.75, 3.05) is 0 Å². The predicted molar refractivity (Wildman–Crippen MR) is 105 cm³/mol. The zero-order chi connectivity index (χ0) is 20.4. The largest absolute Gasteiger partial charge is 0.481 e. The molecule has 1 unspecified atom stereocenters. The Hall–Kier alpha value is -2.69. The van der Waals surface area contributed by atoms with Crippen LogP contribution in [-0.4, -0.2) is 17.0 Å². The van der Waals surface area contributed by atoms with Gasteiger partial charge in [-0.3, -0.25) is 9.59 Å². The Kier molecular flexibility index (Phi) is 9.20. The topological polar surface area (TPSA) is 80.4 Å². The second-order valence-corrected chi connectivity index (χ2v) is 6.42. The lowest BCUT2D eigenvalue weighted by Gasteiger charge is -2.16. The van der Waals surface area contributed by atoms with Gasteiger partial charge in [-0.15, -0.1) is 0 Å². The molecule has 1 amide bonds. The molecule has 0 saturated heterocycles. The first-order chi connectivity index (χ1) is 12.8. The summed E-state index contributed by atoms with van der Waals surface area (Å²) in [5.41, 5.74) is 9.87. The van der Waals surface area contributed by atoms with Gasteiger partial charge in [0.15, 0.2) is 0 Å². The molecular formula is C22H28FNO3. The number of carboxylic acids is 1. The Labute approximate surface area is 160 Å². The standard InChI is InChI=1S/C19H22FNO.C3H6O2/c1-3-14-10-15(4-9-19(21)22)12-17(11-14)13(2)16-5-7-18(20)8-6-16;1-2-3(4)5/h5-8,10-13H,3-4,9H2,1-2H3,(H2,21,22);2H2,1H3,(H,4,5). The monoisotopic (exact) mass is 373 g/mol. The highest BCUT2D eigenvalue weighted by Gasteiger charge is 2.11. The second-order valence-electron chi connectivity index (χ2n) is 6.42. The third-order valence-corrected chi connectivity index (χ3v) is 4.32. The van der Waals surface area contributed by atoms with E-state index in [1.165, 1.54) is 23.3 Å². The van der Waals surface area contributed by atoms with Crippen LogP contribution in [0.5, 0.6) is 0 Å². The molecule has 27 heavy (non-hydrogen) atoms. The molecule has 2 aromatic rings. The molecule has 0 aliphatic heterocycles. The van der Waals surface area contributed by atoms with Crippen molar-refractivity contribution in [1.29, 1.82) is 0 Å². The van der Waals surface area contributed by atoms with Gasteiger partial charge in [0.2, 0.25) is 5.91 Å². The normalized spacial score (nSPS) is 11.3. The minimum atomic E-state index is -0.745. The fourth-order valence-electron chi connectivity index (χ4n) is 2.60. The summed E-state index contributed by atoms with van der Waals surface area (Å²) >= 11 is 0. The SMILES string of the molecule is CCC(=O)O.CCc1cc(CCC(N)=O)cc(C(C)c2ccc(F)cc2)c1. The summed E-state index contributed by atoms with van der Waals surface area (Å²) in [5.74, 6) is -1.07. The van der Waals surface area contributed by atoms with Gasteiger partial charge >= 0.3 is 5.97 Å². The van der Waals surface area contributed by atoms with Crippen LogP contribution in [0.3, 0.4) is 0 Å². The maximum atomic E-state index is 13.1. The molecule has 0 bridgehead atoms. The van der Waals surface area contributed by atoms with Crippen LogP contribution in [0.25, 0.3) is 0 Å². The van der Waals surface area contributed by atoms with Gasteiger partial charge in [-0.05, 0) is 47.2 Å². The van der Waals surface area contributed by atoms with Crippen LogP contribution in [-0.2, 0) is 22.4 Å². The Balaban J connectivity index is 0.000000646. The molecule has 0 radical (unpaired) electrons. The van der Waals surface area contributed by atoms with Gasteiger partial charge in [-0.2, -0.15) is 0 Å². The smallest absolute Gasteiger partial charge is 0.303 e. The minimum absolute atomic E-state index is 0.180. The van der Waals surface area contributed by atoms with Crippen molar-refractivity contribution < 1.29 is 19.1 Å². The van der Waals surface area contributed by atoms with Crippen LogP contribution >= 0.6 is 0 Å². The third-order valence-electron chi connectivity index (χ3n) is 4.32. The van der Waals surface area contributed by atoms with Crippen LogP contribution in [0, 0.1) is 5.82 Å². The van der Waals surface area contributed by atoms with Crippen molar-refractivity contribution in [1.82, 2.24) is 0 Å². The number of nitrogens with two attached hydrogens (primary N) is 1. The van der Waals surface area contributed by atoms with E-state index in [1.54, 1.807) is 6.92 Å².